The second-order valence-corrected chi connectivity index (χ2v) is 7.30. The maximum Gasteiger partial charge on any atom is 0.326 e. The lowest BCUT2D eigenvalue weighted by molar-refractivity contribution is 0.247. The Morgan fingerprint density at radius 3 is 2.67 bits per heavy atom. The molecule has 0 spiro atoms. The summed E-state index contributed by atoms with van der Waals surface area (Å²) in [6, 6.07) is 12.9. The summed E-state index contributed by atoms with van der Waals surface area (Å²) in [7, 11) is 0. The number of nitrogens with zero attached hydrogens (tertiary/aromatic N) is 4. The van der Waals surface area contributed by atoms with Crippen LogP contribution < -0.4 is 10.2 Å². The van der Waals surface area contributed by atoms with Crippen molar-refractivity contribution in [3.05, 3.63) is 58.9 Å². The molecule has 2 aromatic heterocycles. The van der Waals surface area contributed by atoms with Crippen LogP contribution in [0.3, 0.4) is 0 Å². The number of halogens is 1. The number of aromatic nitrogens is 2. The quantitative estimate of drug-likeness (QED) is 0.669. The first kappa shape index (κ1) is 17.3. The van der Waals surface area contributed by atoms with Crippen molar-refractivity contribution in [3.63, 3.8) is 0 Å². The first-order valence-electron chi connectivity index (χ1n) is 8.44. The van der Waals surface area contributed by atoms with Crippen molar-refractivity contribution in [2.24, 2.45) is 0 Å². The van der Waals surface area contributed by atoms with E-state index in [9.17, 15) is 10.1 Å². The number of hydrogen-bond donors (Lipinski definition) is 1. The van der Waals surface area contributed by atoms with Gasteiger partial charge in [-0.3, -0.25) is 9.88 Å². The minimum atomic E-state index is -0.605. The molecule has 6 nitrogen and oxygen atoms in total. The fourth-order valence-corrected chi connectivity index (χ4v) is 3.28. The molecule has 7 heteroatoms. The minimum absolute atomic E-state index is 0.246. The van der Waals surface area contributed by atoms with E-state index in [-0.39, 0.29) is 6.03 Å². The van der Waals surface area contributed by atoms with Crippen LogP contribution in [0.1, 0.15) is 25.0 Å². The van der Waals surface area contributed by atoms with Gasteiger partial charge in [-0.1, -0.05) is 23.7 Å². The van der Waals surface area contributed by atoms with Gasteiger partial charge in [-0.05, 0) is 43.7 Å². The van der Waals surface area contributed by atoms with E-state index in [1.807, 2.05) is 38.1 Å². The number of carbonyl (C=O) groups is 1. The number of benzene rings is 1. The van der Waals surface area contributed by atoms with Gasteiger partial charge in [0.2, 0.25) is 0 Å². The summed E-state index contributed by atoms with van der Waals surface area (Å²) in [4.78, 5) is 23.1. The van der Waals surface area contributed by atoms with Crippen molar-refractivity contribution in [2.45, 2.75) is 25.8 Å². The van der Waals surface area contributed by atoms with Gasteiger partial charge in [0.05, 0.1) is 28.4 Å². The standard InChI is InChI=1S/C20H16ClN5O/c1-20(2,11-22)13-3-5-14(6-4-13)26-18-12(10-24-19(26)27)9-23-15-7-8-16(21)25-17(15)18/h3-9H,10H2,1-2H3,(H,24,27). The monoisotopic (exact) mass is 377 g/mol. The van der Waals surface area contributed by atoms with Crippen LogP contribution in [-0.4, -0.2) is 16.0 Å². The molecule has 0 aliphatic carbocycles. The molecule has 0 saturated carbocycles. The van der Waals surface area contributed by atoms with Crippen molar-refractivity contribution in [2.75, 3.05) is 4.90 Å². The Bertz CT molecular complexity index is 1100. The lowest BCUT2D eigenvalue weighted by Crippen LogP contribution is -2.41. The summed E-state index contributed by atoms with van der Waals surface area (Å²) < 4.78 is 0. The number of hydrogen-bond acceptors (Lipinski definition) is 4. The van der Waals surface area contributed by atoms with Crippen LogP contribution in [0.15, 0.2) is 42.6 Å². The Kier molecular flexibility index (Phi) is 3.97. The van der Waals surface area contributed by atoms with E-state index < -0.39 is 5.41 Å². The predicted molar refractivity (Wildman–Crippen MR) is 104 cm³/mol. The zero-order valence-corrected chi connectivity index (χ0v) is 15.6. The van der Waals surface area contributed by atoms with Gasteiger partial charge < -0.3 is 5.32 Å². The van der Waals surface area contributed by atoms with E-state index in [0.29, 0.717) is 34.1 Å². The Morgan fingerprint density at radius 2 is 1.96 bits per heavy atom. The molecule has 134 valence electrons. The third kappa shape index (κ3) is 2.86. The third-order valence-corrected chi connectivity index (χ3v) is 4.92. The van der Waals surface area contributed by atoms with E-state index in [1.165, 1.54) is 0 Å². The van der Waals surface area contributed by atoms with Gasteiger partial charge in [-0.15, -0.1) is 0 Å². The SMILES string of the molecule is CC(C)(C#N)c1ccc(N2C(=O)NCc3cnc4ccc(Cl)nc4c32)cc1. The number of anilines is 2. The van der Waals surface area contributed by atoms with E-state index >= 15 is 0 Å². The molecule has 0 saturated heterocycles. The van der Waals surface area contributed by atoms with Crippen LogP contribution in [0, 0.1) is 11.3 Å². The van der Waals surface area contributed by atoms with E-state index in [0.717, 1.165) is 11.1 Å². The topological polar surface area (TPSA) is 81.9 Å². The van der Waals surface area contributed by atoms with Gasteiger partial charge in [0.15, 0.2) is 0 Å². The zero-order chi connectivity index (χ0) is 19.2. The lowest BCUT2D eigenvalue weighted by atomic mass is 9.86. The molecule has 0 bridgehead atoms. The summed E-state index contributed by atoms with van der Waals surface area (Å²) in [5.41, 5.74) is 3.74. The van der Waals surface area contributed by atoms with Crippen LogP contribution in [0.25, 0.3) is 11.0 Å². The lowest BCUT2D eigenvalue weighted by Gasteiger charge is -2.30. The molecule has 3 aromatic rings. The molecular weight excluding hydrogens is 362 g/mol. The normalized spacial score (nSPS) is 13.9. The molecule has 0 fully saturated rings. The van der Waals surface area contributed by atoms with E-state index in [4.69, 9.17) is 11.6 Å². The first-order chi connectivity index (χ1) is 12.9. The molecule has 1 aromatic carbocycles. The molecular formula is C20H16ClN5O. The molecule has 0 atom stereocenters. The number of amides is 2. The van der Waals surface area contributed by atoms with Crippen LogP contribution in [0.2, 0.25) is 5.15 Å². The number of rotatable bonds is 2. The van der Waals surface area contributed by atoms with Gasteiger partial charge in [-0.25, -0.2) is 9.78 Å². The second-order valence-electron chi connectivity index (χ2n) is 6.91. The highest BCUT2D eigenvalue weighted by Crippen LogP contribution is 2.37. The number of pyridine rings is 2. The molecule has 2 amide bonds. The van der Waals surface area contributed by atoms with Gasteiger partial charge >= 0.3 is 6.03 Å². The fourth-order valence-electron chi connectivity index (χ4n) is 3.14. The average molecular weight is 378 g/mol. The van der Waals surface area contributed by atoms with Crippen LogP contribution >= 0.6 is 11.6 Å². The number of carbonyl (C=O) groups excluding carboxylic acids is 1. The van der Waals surface area contributed by atoms with Crippen LogP contribution in [0.5, 0.6) is 0 Å². The minimum Gasteiger partial charge on any atom is -0.333 e. The molecule has 0 unspecified atom stereocenters. The van der Waals surface area contributed by atoms with Crippen molar-refractivity contribution in [1.29, 1.82) is 5.26 Å². The molecule has 1 aliphatic rings. The Morgan fingerprint density at radius 1 is 1.22 bits per heavy atom. The van der Waals surface area contributed by atoms with Gasteiger partial charge in [0, 0.05) is 18.3 Å². The summed E-state index contributed by atoms with van der Waals surface area (Å²) >= 11 is 6.09. The summed E-state index contributed by atoms with van der Waals surface area (Å²) in [5.74, 6) is 0. The fraction of sp³-hybridized carbons (Fsp3) is 0.200. The Labute approximate surface area is 161 Å². The predicted octanol–water partition coefficient (Wildman–Crippen LogP) is 4.45. The summed E-state index contributed by atoms with van der Waals surface area (Å²) in [6.45, 7) is 4.09. The average Bonchev–Trinajstić information content (AvgIpc) is 2.68. The summed E-state index contributed by atoms with van der Waals surface area (Å²) in [6.07, 6.45) is 1.74. The molecule has 1 aliphatic heterocycles. The first-order valence-corrected chi connectivity index (χ1v) is 8.82. The molecule has 3 heterocycles. The number of nitrogens with one attached hydrogen (secondary N) is 1. The largest absolute Gasteiger partial charge is 0.333 e. The maximum atomic E-state index is 12.7. The summed E-state index contributed by atoms with van der Waals surface area (Å²) in [5, 5.41) is 12.5. The molecule has 0 radical (unpaired) electrons. The number of fused-ring (bicyclic) bond motifs is 3. The highest BCUT2D eigenvalue weighted by atomic mass is 35.5. The van der Waals surface area contributed by atoms with Gasteiger partial charge in [0.25, 0.3) is 0 Å². The second kappa shape index (κ2) is 6.22. The van der Waals surface area contributed by atoms with E-state index in [2.05, 4.69) is 21.4 Å². The van der Waals surface area contributed by atoms with Crippen molar-refractivity contribution in [3.8, 4) is 6.07 Å². The number of nitriles is 1. The van der Waals surface area contributed by atoms with Crippen molar-refractivity contribution in [1.82, 2.24) is 15.3 Å². The van der Waals surface area contributed by atoms with E-state index in [1.54, 1.807) is 23.2 Å². The molecule has 27 heavy (non-hydrogen) atoms. The maximum absolute atomic E-state index is 12.7. The smallest absolute Gasteiger partial charge is 0.326 e. The van der Waals surface area contributed by atoms with Crippen LogP contribution in [-0.2, 0) is 12.0 Å². The Hall–Kier alpha value is -3.17. The van der Waals surface area contributed by atoms with Gasteiger partial charge in [0.1, 0.15) is 10.7 Å². The van der Waals surface area contributed by atoms with Crippen molar-refractivity contribution >= 4 is 40.0 Å². The highest BCUT2D eigenvalue weighted by molar-refractivity contribution is 6.30. The van der Waals surface area contributed by atoms with Crippen LogP contribution in [0.4, 0.5) is 16.2 Å². The molecule has 1 N–H and O–H groups in total. The number of urea groups is 1. The van der Waals surface area contributed by atoms with Gasteiger partial charge in [-0.2, -0.15) is 5.26 Å². The Balaban J connectivity index is 1.89. The van der Waals surface area contributed by atoms with Crippen molar-refractivity contribution < 1.29 is 4.79 Å². The zero-order valence-electron chi connectivity index (χ0n) is 14.8. The third-order valence-electron chi connectivity index (χ3n) is 4.71. The highest BCUT2D eigenvalue weighted by Gasteiger charge is 2.29. The molecule has 4 rings (SSSR count).